The number of rotatable bonds is 5. The highest BCUT2D eigenvalue weighted by Crippen LogP contribution is 2.28. The van der Waals surface area contributed by atoms with Crippen LogP contribution in [0.25, 0.3) is 0 Å². The summed E-state index contributed by atoms with van der Waals surface area (Å²) in [4.78, 5) is 0. The van der Waals surface area contributed by atoms with E-state index in [2.05, 4.69) is 28.7 Å². The lowest BCUT2D eigenvalue weighted by Crippen LogP contribution is -2.16. The largest absolute Gasteiger partial charge is 0.372 e. The van der Waals surface area contributed by atoms with Gasteiger partial charge in [0.05, 0.1) is 12.7 Å². The molecule has 1 aliphatic carbocycles. The summed E-state index contributed by atoms with van der Waals surface area (Å²) in [6.45, 7) is 0.903. The van der Waals surface area contributed by atoms with Gasteiger partial charge in [-0.2, -0.15) is 0 Å². The van der Waals surface area contributed by atoms with Crippen molar-refractivity contribution in [3.8, 4) is 0 Å². The molecule has 1 unspecified atom stereocenters. The normalized spacial score (nSPS) is 18.8. The van der Waals surface area contributed by atoms with Crippen LogP contribution in [0.4, 0.5) is 0 Å². The Morgan fingerprint density at radius 3 is 2.72 bits per heavy atom. The molecular formula is C15H20ClIO. The number of ether oxygens (including phenoxy) is 1. The Morgan fingerprint density at radius 2 is 2.06 bits per heavy atom. The van der Waals surface area contributed by atoms with Crippen LogP contribution in [0.1, 0.15) is 43.8 Å². The molecule has 0 aromatic heterocycles. The molecule has 0 bridgehead atoms. The van der Waals surface area contributed by atoms with Gasteiger partial charge in [0.1, 0.15) is 0 Å². The van der Waals surface area contributed by atoms with E-state index in [9.17, 15) is 0 Å². The van der Waals surface area contributed by atoms with Gasteiger partial charge in [-0.05, 0) is 36.5 Å². The molecule has 0 aliphatic heterocycles. The van der Waals surface area contributed by atoms with Crippen LogP contribution >= 0.6 is 34.2 Å². The lowest BCUT2D eigenvalue weighted by atomic mass is 9.90. The number of hydrogen-bond acceptors (Lipinski definition) is 1. The maximum absolute atomic E-state index is 6.11. The Balaban J connectivity index is 1.88. The summed E-state index contributed by atoms with van der Waals surface area (Å²) in [5.74, 6) is 0.767. The molecule has 0 spiro atoms. The van der Waals surface area contributed by atoms with Crippen molar-refractivity contribution in [3.05, 3.63) is 34.9 Å². The average molecular weight is 379 g/mol. The van der Waals surface area contributed by atoms with Crippen LogP contribution in [0, 0.1) is 5.92 Å². The van der Waals surface area contributed by atoms with Gasteiger partial charge in [0.15, 0.2) is 0 Å². The molecule has 0 saturated heterocycles. The minimum absolute atomic E-state index is 0.186. The molecule has 1 nitrogen and oxygen atoms in total. The fourth-order valence-corrected chi connectivity index (χ4v) is 3.50. The van der Waals surface area contributed by atoms with Crippen molar-refractivity contribution in [2.24, 2.45) is 5.92 Å². The van der Waals surface area contributed by atoms with E-state index >= 15 is 0 Å². The molecule has 1 aliphatic rings. The van der Waals surface area contributed by atoms with Gasteiger partial charge in [0.2, 0.25) is 0 Å². The lowest BCUT2D eigenvalue weighted by Gasteiger charge is -2.24. The highest BCUT2D eigenvalue weighted by Gasteiger charge is 2.17. The molecule has 3 heteroatoms. The molecule has 1 saturated carbocycles. The predicted octanol–water partition coefficient (Wildman–Crippen LogP) is 5.41. The maximum atomic E-state index is 6.11. The van der Waals surface area contributed by atoms with E-state index < -0.39 is 0 Å². The first-order valence-electron chi connectivity index (χ1n) is 6.72. The average Bonchev–Trinajstić information content (AvgIpc) is 2.41. The topological polar surface area (TPSA) is 9.23 Å². The van der Waals surface area contributed by atoms with Crippen LogP contribution in [0.5, 0.6) is 0 Å². The second-order valence-corrected chi connectivity index (χ2v) is 6.35. The zero-order chi connectivity index (χ0) is 12.8. The lowest BCUT2D eigenvalue weighted by molar-refractivity contribution is 0.0345. The van der Waals surface area contributed by atoms with Gasteiger partial charge in [0.25, 0.3) is 0 Å². The van der Waals surface area contributed by atoms with Gasteiger partial charge in [-0.15, -0.1) is 0 Å². The molecule has 100 valence electrons. The van der Waals surface area contributed by atoms with Crippen molar-refractivity contribution in [2.75, 3.05) is 11.0 Å². The third-order valence-electron chi connectivity index (χ3n) is 3.62. The van der Waals surface area contributed by atoms with Gasteiger partial charge in [0, 0.05) is 9.45 Å². The van der Waals surface area contributed by atoms with Crippen molar-refractivity contribution in [1.82, 2.24) is 0 Å². The summed E-state index contributed by atoms with van der Waals surface area (Å²) in [6.07, 6.45) is 7.01. The minimum Gasteiger partial charge on any atom is -0.372 e. The first-order chi connectivity index (χ1) is 8.79. The van der Waals surface area contributed by atoms with E-state index in [0.29, 0.717) is 0 Å². The zero-order valence-electron chi connectivity index (χ0n) is 10.6. The van der Waals surface area contributed by atoms with Crippen LogP contribution in [-0.4, -0.2) is 11.0 Å². The third-order valence-corrected chi connectivity index (χ3v) is 4.65. The molecule has 1 aromatic carbocycles. The number of benzene rings is 1. The monoisotopic (exact) mass is 378 g/mol. The Morgan fingerprint density at radius 1 is 1.28 bits per heavy atom. The van der Waals surface area contributed by atoms with Crippen LogP contribution in [-0.2, 0) is 4.74 Å². The molecule has 0 radical (unpaired) electrons. The minimum atomic E-state index is 0.186. The SMILES string of the molecule is Clc1cccc(C(CI)OCC2CCCCC2)c1. The van der Waals surface area contributed by atoms with E-state index in [1.807, 2.05) is 18.2 Å². The standard InChI is InChI=1S/C15H20ClIO/c16-14-8-4-7-13(9-14)15(10-17)18-11-12-5-2-1-3-6-12/h4,7-9,12,15H,1-3,5-6,10-11H2. The third kappa shape index (κ3) is 4.39. The van der Waals surface area contributed by atoms with E-state index in [1.165, 1.54) is 37.7 Å². The molecule has 1 fully saturated rings. The molecule has 0 heterocycles. The van der Waals surface area contributed by atoms with E-state index in [1.54, 1.807) is 0 Å². The molecular weight excluding hydrogens is 359 g/mol. The fraction of sp³-hybridized carbons (Fsp3) is 0.600. The first-order valence-corrected chi connectivity index (χ1v) is 8.63. The zero-order valence-corrected chi connectivity index (χ0v) is 13.5. The van der Waals surface area contributed by atoms with Crippen LogP contribution in [0.15, 0.2) is 24.3 Å². The second-order valence-electron chi connectivity index (χ2n) is 5.04. The Kier molecular flexibility index (Phi) is 6.25. The molecule has 2 rings (SSSR count). The van der Waals surface area contributed by atoms with Crippen molar-refractivity contribution in [3.63, 3.8) is 0 Å². The van der Waals surface area contributed by atoms with E-state index in [0.717, 1.165) is 22.0 Å². The van der Waals surface area contributed by atoms with Crippen molar-refractivity contribution in [1.29, 1.82) is 0 Å². The van der Waals surface area contributed by atoms with Gasteiger partial charge in [-0.3, -0.25) is 0 Å². The smallest absolute Gasteiger partial charge is 0.0914 e. The Bertz CT molecular complexity index is 363. The van der Waals surface area contributed by atoms with Crippen LogP contribution < -0.4 is 0 Å². The van der Waals surface area contributed by atoms with Crippen molar-refractivity contribution >= 4 is 34.2 Å². The predicted molar refractivity (Wildman–Crippen MR) is 85.6 cm³/mol. The van der Waals surface area contributed by atoms with Crippen molar-refractivity contribution in [2.45, 2.75) is 38.2 Å². The summed E-state index contributed by atoms with van der Waals surface area (Å²) in [6, 6.07) is 8.04. The maximum Gasteiger partial charge on any atom is 0.0914 e. The summed E-state index contributed by atoms with van der Waals surface area (Å²) < 4.78 is 7.08. The van der Waals surface area contributed by atoms with Crippen molar-refractivity contribution < 1.29 is 4.74 Å². The van der Waals surface area contributed by atoms with E-state index in [4.69, 9.17) is 16.3 Å². The first kappa shape index (κ1) is 14.6. The highest BCUT2D eigenvalue weighted by molar-refractivity contribution is 14.1. The summed E-state index contributed by atoms with van der Waals surface area (Å²) >= 11 is 8.43. The van der Waals surface area contributed by atoms with Gasteiger partial charge in [-0.1, -0.05) is 65.6 Å². The second kappa shape index (κ2) is 7.71. The van der Waals surface area contributed by atoms with Gasteiger partial charge in [-0.25, -0.2) is 0 Å². The number of alkyl halides is 1. The molecule has 1 aromatic rings. The number of halogens is 2. The molecule has 18 heavy (non-hydrogen) atoms. The van der Waals surface area contributed by atoms with Gasteiger partial charge >= 0.3 is 0 Å². The molecule has 0 amide bonds. The van der Waals surface area contributed by atoms with Gasteiger partial charge < -0.3 is 4.74 Å². The molecule has 1 atom stereocenters. The summed E-state index contributed by atoms with van der Waals surface area (Å²) in [5, 5.41) is 0.795. The Hall–Kier alpha value is 0.200. The van der Waals surface area contributed by atoms with E-state index in [-0.39, 0.29) is 6.10 Å². The number of hydrogen-bond donors (Lipinski definition) is 0. The molecule has 0 N–H and O–H groups in total. The summed E-state index contributed by atoms with van der Waals surface area (Å²) in [7, 11) is 0. The Labute approximate surface area is 128 Å². The highest BCUT2D eigenvalue weighted by atomic mass is 127. The van der Waals surface area contributed by atoms with Crippen LogP contribution in [0.2, 0.25) is 5.02 Å². The van der Waals surface area contributed by atoms with Crippen LogP contribution in [0.3, 0.4) is 0 Å². The summed E-state index contributed by atoms with van der Waals surface area (Å²) in [5.41, 5.74) is 1.20. The fourth-order valence-electron chi connectivity index (χ4n) is 2.54. The quantitative estimate of drug-likeness (QED) is 0.491.